The minimum atomic E-state index is -4.14. The lowest BCUT2D eigenvalue weighted by Crippen LogP contribution is -2.45. The molecule has 2 N–H and O–H groups in total. The maximum atomic E-state index is 13.6. The second-order valence-corrected chi connectivity index (χ2v) is 6.71. The fraction of sp³-hybridized carbons (Fsp3) is 0.500. The van der Waals surface area contributed by atoms with Crippen LogP contribution in [0.2, 0.25) is 0 Å². The number of halogens is 1. The summed E-state index contributed by atoms with van der Waals surface area (Å²) in [5.74, 6) is -2.58. The van der Waals surface area contributed by atoms with E-state index >= 15 is 0 Å². The maximum Gasteiger partial charge on any atom is 0.322 e. The molecule has 0 saturated heterocycles. The van der Waals surface area contributed by atoms with Crippen LogP contribution in [0, 0.1) is 11.7 Å². The van der Waals surface area contributed by atoms with Crippen molar-refractivity contribution in [3.63, 3.8) is 0 Å². The summed E-state index contributed by atoms with van der Waals surface area (Å²) < 4.78 is 44.9. The number of hydrogen-bond acceptors (Lipinski definition) is 4. The van der Waals surface area contributed by atoms with Crippen molar-refractivity contribution >= 4 is 16.0 Å². The van der Waals surface area contributed by atoms with Crippen molar-refractivity contribution in [2.45, 2.75) is 37.6 Å². The predicted molar refractivity (Wildman–Crippen MR) is 78.8 cm³/mol. The number of hydrogen-bond donors (Lipinski definition) is 2. The number of benzene rings is 1. The van der Waals surface area contributed by atoms with Crippen molar-refractivity contribution in [3.05, 3.63) is 24.0 Å². The number of carboxylic acids is 1. The van der Waals surface area contributed by atoms with Gasteiger partial charge in [0.25, 0.3) is 0 Å². The van der Waals surface area contributed by atoms with Crippen molar-refractivity contribution < 1.29 is 27.4 Å². The molecule has 2 atom stereocenters. The Labute approximate surface area is 129 Å². The Balaban J connectivity index is 3.07. The molecule has 0 unspecified atom stereocenters. The average molecular weight is 333 g/mol. The SMILES string of the molecule is CCC[C@@H](C)[C@H](NS(=O)(=O)c1ccc(OC)c(F)c1)C(=O)O. The third-order valence-corrected chi connectivity index (χ3v) is 4.73. The highest BCUT2D eigenvalue weighted by Crippen LogP contribution is 2.21. The van der Waals surface area contributed by atoms with Gasteiger partial charge in [0.15, 0.2) is 11.6 Å². The van der Waals surface area contributed by atoms with E-state index < -0.39 is 27.9 Å². The zero-order valence-corrected chi connectivity index (χ0v) is 13.5. The number of rotatable bonds is 8. The van der Waals surface area contributed by atoms with Gasteiger partial charge in [0, 0.05) is 0 Å². The molecule has 0 aliphatic heterocycles. The molecule has 1 aromatic carbocycles. The molecule has 124 valence electrons. The second kappa shape index (κ2) is 7.55. The Bertz CT molecular complexity index is 632. The largest absolute Gasteiger partial charge is 0.494 e. The van der Waals surface area contributed by atoms with Crippen LogP contribution in [-0.2, 0) is 14.8 Å². The molecule has 1 rings (SSSR count). The fourth-order valence-electron chi connectivity index (χ4n) is 2.08. The Morgan fingerprint density at radius 2 is 2.09 bits per heavy atom. The van der Waals surface area contributed by atoms with Gasteiger partial charge in [0.1, 0.15) is 6.04 Å². The minimum absolute atomic E-state index is 0.0897. The second-order valence-electron chi connectivity index (χ2n) is 5.00. The normalized spacial score (nSPS) is 14.4. The Morgan fingerprint density at radius 1 is 1.45 bits per heavy atom. The Kier molecular flexibility index (Phi) is 6.31. The Morgan fingerprint density at radius 3 is 2.55 bits per heavy atom. The number of nitrogens with one attached hydrogen (secondary N) is 1. The molecule has 8 heteroatoms. The lowest BCUT2D eigenvalue weighted by atomic mass is 9.98. The summed E-state index contributed by atoms with van der Waals surface area (Å²) in [6.45, 7) is 3.53. The summed E-state index contributed by atoms with van der Waals surface area (Å²) in [4.78, 5) is 10.9. The van der Waals surface area contributed by atoms with Gasteiger partial charge in [-0.3, -0.25) is 4.79 Å². The quantitative estimate of drug-likeness (QED) is 0.759. The standard InChI is InChI=1S/C14H20FNO5S/c1-4-5-9(2)13(14(17)18)16-22(19,20)10-6-7-12(21-3)11(15)8-10/h6-9,13,16H,4-5H2,1-3H3,(H,17,18)/t9-,13+/m1/s1. The van der Waals surface area contributed by atoms with Gasteiger partial charge in [-0.2, -0.15) is 4.72 Å². The molecule has 0 aromatic heterocycles. The summed E-state index contributed by atoms with van der Waals surface area (Å²) in [6, 6.07) is 1.86. The van der Waals surface area contributed by atoms with Gasteiger partial charge in [-0.05, 0) is 30.5 Å². The molecule has 0 aliphatic carbocycles. The van der Waals surface area contributed by atoms with E-state index in [1.54, 1.807) is 6.92 Å². The highest BCUT2D eigenvalue weighted by molar-refractivity contribution is 7.89. The number of carbonyl (C=O) groups is 1. The molecular weight excluding hydrogens is 313 g/mol. The number of aliphatic carboxylic acids is 1. The first-order valence-electron chi connectivity index (χ1n) is 6.81. The molecule has 22 heavy (non-hydrogen) atoms. The van der Waals surface area contributed by atoms with Crippen LogP contribution in [0.4, 0.5) is 4.39 Å². The van der Waals surface area contributed by atoms with E-state index in [1.807, 2.05) is 6.92 Å². The van der Waals surface area contributed by atoms with Gasteiger partial charge in [-0.25, -0.2) is 12.8 Å². The van der Waals surface area contributed by atoms with Crippen molar-refractivity contribution in [3.8, 4) is 5.75 Å². The molecule has 1 aromatic rings. The molecule has 0 bridgehead atoms. The minimum Gasteiger partial charge on any atom is -0.494 e. The molecule has 6 nitrogen and oxygen atoms in total. The van der Waals surface area contributed by atoms with Gasteiger partial charge in [0.2, 0.25) is 10.0 Å². The first-order valence-corrected chi connectivity index (χ1v) is 8.30. The maximum absolute atomic E-state index is 13.6. The number of sulfonamides is 1. The zero-order valence-electron chi connectivity index (χ0n) is 12.7. The summed E-state index contributed by atoms with van der Waals surface area (Å²) in [5.41, 5.74) is 0. The molecule has 0 radical (unpaired) electrons. The van der Waals surface area contributed by atoms with E-state index in [9.17, 15) is 22.7 Å². The molecular formula is C14H20FNO5S. The number of carboxylic acid groups (broad SMARTS) is 1. The van der Waals surface area contributed by atoms with Crippen LogP contribution >= 0.6 is 0 Å². The number of methoxy groups -OCH3 is 1. The van der Waals surface area contributed by atoms with Gasteiger partial charge >= 0.3 is 5.97 Å². The first-order chi connectivity index (χ1) is 10.2. The zero-order chi connectivity index (χ0) is 16.9. The van der Waals surface area contributed by atoms with Gasteiger partial charge in [-0.15, -0.1) is 0 Å². The van der Waals surface area contributed by atoms with Crippen LogP contribution in [0.3, 0.4) is 0 Å². The van der Waals surface area contributed by atoms with E-state index in [4.69, 9.17) is 4.74 Å². The van der Waals surface area contributed by atoms with Crippen LogP contribution < -0.4 is 9.46 Å². The van der Waals surface area contributed by atoms with Crippen molar-refractivity contribution in [2.24, 2.45) is 5.92 Å². The van der Waals surface area contributed by atoms with Crippen molar-refractivity contribution in [2.75, 3.05) is 7.11 Å². The lowest BCUT2D eigenvalue weighted by Gasteiger charge is -2.21. The van der Waals surface area contributed by atoms with Crippen LogP contribution in [0.1, 0.15) is 26.7 Å². The van der Waals surface area contributed by atoms with Crippen LogP contribution in [0.15, 0.2) is 23.1 Å². The summed E-state index contributed by atoms with van der Waals surface area (Å²) >= 11 is 0. The van der Waals surface area contributed by atoms with Crippen LogP contribution in [0.25, 0.3) is 0 Å². The van der Waals surface area contributed by atoms with Crippen molar-refractivity contribution in [1.82, 2.24) is 4.72 Å². The van der Waals surface area contributed by atoms with Gasteiger partial charge < -0.3 is 9.84 Å². The highest BCUT2D eigenvalue weighted by atomic mass is 32.2. The van der Waals surface area contributed by atoms with Crippen LogP contribution in [-0.4, -0.2) is 32.6 Å². The topological polar surface area (TPSA) is 92.7 Å². The molecule has 0 fully saturated rings. The summed E-state index contributed by atoms with van der Waals surface area (Å²) in [7, 11) is -2.88. The van der Waals surface area contributed by atoms with Gasteiger partial charge in [-0.1, -0.05) is 20.3 Å². The third-order valence-electron chi connectivity index (χ3n) is 3.29. The van der Waals surface area contributed by atoms with Crippen LogP contribution in [0.5, 0.6) is 5.75 Å². The molecule has 0 saturated carbocycles. The van der Waals surface area contributed by atoms with Crippen molar-refractivity contribution in [1.29, 1.82) is 0 Å². The summed E-state index contributed by atoms with van der Waals surface area (Å²) in [5, 5.41) is 9.20. The monoisotopic (exact) mass is 333 g/mol. The van der Waals surface area contributed by atoms with E-state index in [2.05, 4.69) is 4.72 Å². The smallest absolute Gasteiger partial charge is 0.322 e. The Hall–Kier alpha value is -1.67. The molecule has 0 heterocycles. The average Bonchev–Trinajstić information content (AvgIpc) is 2.44. The van der Waals surface area contributed by atoms with E-state index in [1.165, 1.54) is 13.2 Å². The predicted octanol–water partition coefficient (Wildman–Crippen LogP) is 2.00. The van der Waals surface area contributed by atoms with Gasteiger partial charge in [0.05, 0.1) is 12.0 Å². The lowest BCUT2D eigenvalue weighted by molar-refractivity contribution is -0.140. The fourth-order valence-corrected chi connectivity index (χ4v) is 3.39. The molecule has 0 spiro atoms. The van der Waals surface area contributed by atoms with E-state index in [-0.39, 0.29) is 16.6 Å². The molecule has 0 aliphatic rings. The highest BCUT2D eigenvalue weighted by Gasteiger charge is 2.30. The summed E-state index contributed by atoms with van der Waals surface area (Å²) in [6.07, 6.45) is 1.28. The number of ether oxygens (including phenoxy) is 1. The third kappa shape index (κ3) is 4.41. The van der Waals surface area contributed by atoms with E-state index in [0.29, 0.717) is 6.42 Å². The van der Waals surface area contributed by atoms with E-state index in [0.717, 1.165) is 18.6 Å². The first kappa shape index (κ1) is 18.4. The molecule has 0 amide bonds.